The quantitative estimate of drug-likeness (QED) is 0.476. The first kappa shape index (κ1) is 23.6. The van der Waals surface area contributed by atoms with Gasteiger partial charge in [-0.25, -0.2) is 13.2 Å². The summed E-state index contributed by atoms with van der Waals surface area (Å²) in [6, 6.07) is 9.11. The number of carbonyl (C=O) groups excluding carboxylic acids is 2. The lowest BCUT2D eigenvalue weighted by Gasteiger charge is -2.30. The van der Waals surface area contributed by atoms with Crippen molar-refractivity contribution in [2.45, 2.75) is 17.9 Å². The second kappa shape index (κ2) is 10.1. The number of sulfonamides is 1. The van der Waals surface area contributed by atoms with Crippen LogP contribution < -0.4 is 26.0 Å². The number of anilines is 3. The van der Waals surface area contributed by atoms with Gasteiger partial charge < -0.3 is 26.0 Å². The molecule has 0 radical (unpaired) electrons. The summed E-state index contributed by atoms with van der Waals surface area (Å²) < 4.78 is 34.5. The van der Waals surface area contributed by atoms with Crippen LogP contribution in [-0.2, 0) is 19.6 Å². The van der Waals surface area contributed by atoms with E-state index in [4.69, 9.17) is 22.1 Å². The van der Waals surface area contributed by atoms with E-state index in [2.05, 4.69) is 15.4 Å². The highest BCUT2D eigenvalue weighted by atomic mass is 35.5. The first-order valence-corrected chi connectivity index (χ1v) is 11.6. The van der Waals surface area contributed by atoms with Crippen LogP contribution >= 0.6 is 11.6 Å². The molecule has 0 unspecified atom stereocenters. The van der Waals surface area contributed by atoms with Crippen LogP contribution in [-0.4, -0.2) is 52.7 Å². The van der Waals surface area contributed by atoms with E-state index in [0.29, 0.717) is 42.7 Å². The first-order chi connectivity index (χ1) is 15.2. The fraction of sp³-hybridized carbons (Fsp3) is 0.300. The molecule has 2 aromatic carbocycles. The average molecular weight is 482 g/mol. The number of amides is 3. The van der Waals surface area contributed by atoms with Crippen LogP contribution in [0.1, 0.15) is 6.92 Å². The molecule has 1 saturated heterocycles. The van der Waals surface area contributed by atoms with E-state index >= 15 is 0 Å². The van der Waals surface area contributed by atoms with Gasteiger partial charge in [0, 0.05) is 29.5 Å². The minimum atomic E-state index is -4.02. The van der Waals surface area contributed by atoms with Gasteiger partial charge >= 0.3 is 6.03 Å². The fourth-order valence-electron chi connectivity index (χ4n) is 3.13. The molecule has 172 valence electrons. The highest BCUT2D eigenvalue weighted by molar-refractivity contribution is 7.92. The molecule has 0 aromatic heterocycles. The molecule has 5 N–H and O–H groups in total. The number of morpholine rings is 1. The van der Waals surface area contributed by atoms with Gasteiger partial charge in [-0.3, -0.25) is 9.52 Å². The molecule has 1 aliphatic heterocycles. The van der Waals surface area contributed by atoms with E-state index < -0.39 is 28.0 Å². The van der Waals surface area contributed by atoms with Crippen LogP contribution in [0, 0.1) is 0 Å². The molecule has 10 nitrogen and oxygen atoms in total. The Morgan fingerprint density at radius 2 is 1.72 bits per heavy atom. The number of rotatable bonds is 7. The van der Waals surface area contributed by atoms with Crippen LogP contribution in [0.3, 0.4) is 0 Å². The number of hydrogen-bond donors (Lipinski definition) is 4. The minimum Gasteiger partial charge on any atom is -0.378 e. The molecule has 3 rings (SSSR count). The Kier molecular flexibility index (Phi) is 7.44. The van der Waals surface area contributed by atoms with Gasteiger partial charge in [-0.1, -0.05) is 11.6 Å². The zero-order chi connectivity index (χ0) is 23.3. The maximum atomic E-state index is 13.3. The van der Waals surface area contributed by atoms with Crippen molar-refractivity contribution in [3.8, 4) is 0 Å². The number of urea groups is 1. The lowest BCUT2D eigenvalue weighted by molar-refractivity contribution is -0.117. The molecule has 1 heterocycles. The lowest BCUT2D eigenvalue weighted by atomic mass is 10.2. The van der Waals surface area contributed by atoms with Crippen LogP contribution in [0.4, 0.5) is 21.9 Å². The second-order valence-electron chi connectivity index (χ2n) is 7.11. The molecule has 0 aliphatic carbocycles. The summed E-state index contributed by atoms with van der Waals surface area (Å²) >= 11 is 5.88. The predicted molar refractivity (Wildman–Crippen MR) is 123 cm³/mol. The molecule has 0 bridgehead atoms. The van der Waals surface area contributed by atoms with Crippen molar-refractivity contribution >= 4 is 50.6 Å². The monoisotopic (exact) mass is 481 g/mol. The molecule has 1 atom stereocenters. The van der Waals surface area contributed by atoms with Crippen molar-refractivity contribution < 1.29 is 22.7 Å². The summed E-state index contributed by atoms with van der Waals surface area (Å²) in [4.78, 5) is 25.2. The van der Waals surface area contributed by atoms with Gasteiger partial charge in [0.2, 0.25) is 5.91 Å². The highest BCUT2D eigenvalue weighted by Crippen LogP contribution is 2.31. The van der Waals surface area contributed by atoms with Gasteiger partial charge in [-0.15, -0.1) is 0 Å². The standard InChI is InChI=1S/C20H24ClN5O5S/c1-13(23-20(22)28)19(27)24-16-6-7-17(26-8-10-31-11-9-26)18(12-16)32(29,30)25-15-4-2-14(21)3-5-15/h2-7,12-13,25H,8-11H2,1H3,(H,24,27)(H3,22,23,28)/t13-/m0/s1. The van der Waals surface area contributed by atoms with Crippen LogP contribution in [0.2, 0.25) is 5.02 Å². The largest absolute Gasteiger partial charge is 0.378 e. The van der Waals surface area contributed by atoms with E-state index in [9.17, 15) is 18.0 Å². The van der Waals surface area contributed by atoms with Crippen LogP contribution in [0.15, 0.2) is 47.4 Å². The first-order valence-electron chi connectivity index (χ1n) is 9.78. The third-order valence-corrected chi connectivity index (χ3v) is 6.38. The van der Waals surface area contributed by atoms with Crippen molar-refractivity contribution in [1.29, 1.82) is 0 Å². The Bertz CT molecular complexity index is 1090. The molecule has 12 heteroatoms. The predicted octanol–water partition coefficient (Wildman–Crippen LogP) is 1.97. The van der Waals surface area contributed by atoms with Crippen molar-refractivity contribution in [3.63, 3.8) is 0 Å². The average Bonchev–Trinajstić information content (AvgIpc) is 2.75. The zero-order valence-corrected chi connectivity index (χ0v) is 18.9. The van der Waals surface area contributed by atoms with E-state index in [1.165, 1.54) is 13.0 Å². The smallest absolute Gasteiger partial charge is 0.312 e. The van der Waals surface area contributed by atoms with Gasteiger partial charge in [-0.2, -0.15) is 0 Å². The number of halogens is 1. The number of nitrogens with one attached hydrogen (secondary N) is 3. The van der Waals surface area contributed by atoms with E-state index in [1.807, 2.05) is 4.90 Å². The fourth-order valence-corrected chi connectivity index (χ4v) is 4.57. The third kappa shape index (κ3) is 6.02. The molecule has 3 amide bonds. The van der Waals surface area contributed by atoms with Gasteiger partial charge in [0.1, 0.15) is 10.9 Å². The number of nitrogens with two attached hydrogens (primary N) is 1. The highest BCUT2D eigenvalue weighted by Gasteiger charge is 2.25. The van der Waals surface area contributed by atoms with Gasteiger partial charge in [0.05, 0.1) is 18.9 Å². The second-order valence-corrected chi connectivity index (χ2v) is 9.20. The molecule has 0 spiro atoms. The van der Waals surface area contributed by atoms with Crippen molar-refractivity contribution in [2.75, 3.05) is 41.2 Å². The van der Waals surface area contributed by atoms with Crippen LogP contribution in [0.5, 0.6) is 0 Å². The number of hydrogen-bond acceptors (Lipinski definition) is 6. The third-order valence-electron chi connectivity index (χ3n) is 4.72. The number of primary amides is 1. The summed E-state index contributed by atoms with van der Waals surface area (Å²) in [5, 5.41) is 5.35. The molecule has 2 aromatic rings. The normalized spacial score (nSPS) is 15.0. The molecule has 32 heavy (non-hydrogen) atoms. The zero-order valence-electron chi connectivity index (χ0n) is 17.3. The molecular weight excluding hydrogens is 458 g/mol. The Labute approximate surface area is 191 Å². The van der Waals surface area contributed by atoms with Gasteiger partial charge in [0.15, 0.2) is 0 Å². The number of nitrogens with zero attached hydrogens (tertiary/aromatic N) is 1. The SMILES string of the molecule is C[C@H](NC(N)=O)C(=O)Nc1ccc(N2CCOCC2)c(S(=O)(=O)Nc2ccc(Cl)cc2)c1. The van der Waals surface area contributed by atoms with Crippen LogP contribution in [0.25, 0.3) is 0 Å². The Balaban J connectivity index is 1.94. The number of benzene rings is 2. The topological polar surface area (TPSA) is 143 Å². The summed E-state index contributed by atoms with van der Waals surface area (Å²) in [7, 11) is -4.02. The lowest BCUT2D eigenvalue weighted by Crippen LogP contribution is -2.44. The van der Waals surface area contributed by atoms with Gasteiger partial charge in [0.25, 0.3) is 10.0 Å². The summed E-state index contributed by atoms with van der Waals surface area (Å²) in [5.41, 5.74) is 6.13. The molecular formula is C20H24ClN5O5S. The maximum absolute atomic E-state index is 13.3. The summed E-state index contributed by atoms with van der Waals surface area (Å²) in [6.45, 7) is 3.45. The Hall–Kier alpha value is -3.02. The van der Waals surface area contributed by atoms with E-state index in [1.54, 1.807) is 36.4 Å². The summed E-state index contributed by atoms with van der Waals surface area (Å²) in [6.07, 6.45) is 0. The van der Waals surface area contributed by atoms with Crippen molar-refractivity contribution in [1.82, 2.24) is 5.32 Å². The van der Waals surface area contributed by atoms with Crippen molar-refractivity contribution in [2.24, 2.45) is 5.73 Å². The van der Waals surface area contributed by atoms with Crippen molar-refractivity contribution in [3.05, 3.63) is 47.5 Å². The van der Waals surface area contributed by atoms with Gasteiger partial charge in [-0.05, 0) is 49.4 Å². The Morgan fingerprint density at radius 3 is 2.34 bits per heavy atom. The van der Waals surface area contributed by atoms with E-state index in [-0.39, 0.29) is 10.6 Å². The minimum absolute atomic E-state index is 0.0114. The Morgan fingerprint density at radius 1 is 1.09 bits per heavy atom. The molecule has 1 aliphatic rings. The molecule has 0 saturated carbocycles. The number of ether oxygens (including phenoxy) is 1. The van der Waals surface area contributed by atoms with E-state index in [0.717, 1.165) is 0 Å². The summed E-state index contributed by atoms with van der Waals surface area (Å²) in [5.74, 6) is -0.545. The number of carbonyl (C=O) groups is 2. The molecule has 1 fully saturated rings. The maximum Gasteiger partial charge on any atom is 0.312 e.